The maximum absolute atomic E-state index is 13.0. The van der Waals surface area contributed by atoms with Crippen molar-refractivity contribution < 1.29 is 9.59 Å². The van der Waals surface area contributed by atoms with Gasteiger partial charge >= 0.3 is 0 Å². The van der Waals surface area contributed by atoms with E-state index < -0.39 is 0 Å². The molecule has 0 saturated carbocycles. The first kappa shape index (κ1) is 23.9. The molecule has 0 unspecified atom stereocenters. The van der Waals surface area contributed by atoms with Gasteiger partial charge in [0, 0.05) is 57.9 Å². The SMILES string of the molecule is CC(=O)N1CCC(Cc2cc(C(=O)NC[C@@H](CN3Cc4ccccc4C3)N3CCC3)ncn2)CC1. The topological polar surface area (TPSA) is 81.7 Å². The van der Waals surface area contributed by atoms with Gasteiger partial charge in [-0.15, -0.1) is 0 Å². The van der Waals surface area contributed by atoms with Crippen molar-refractivity contribution in [2.24, 2.45) is 5.92 Å². The molecule has 1 aromatic carbocycles. The Bertz CT molecular complexity index is 1020. The predicted octanol–water partition coefficient (Wildman–Crippen LogP) is 2.10. The lowest BCUT2D eigenvalue weighted by Crippen LogP contribution is -2.54. The Morgan fingerprint density at radius 1 is 1.06 bits per heavy atom. The third-order valence-electron chi connectivity index (χ3n) is 7.79. The number of nitrogens with one attached hydrogen (secondary N) is 1. The van der Waals surface area contributed by atoms with Gasteiger partial charge in [0.05, 0.1) is 0 Å². The molecule has 35 heavy (non-hydrogen) atoms. The van der Waals surface area contributed by atoms with Crippen LogP contribution in [-0.4, -0.2) is 81.8 Å². The molecule has 2 aromatic rings. The summed E-state index contributed by atoms with van der Waals surface area (Å²) in [5, 5.41) is 3.15. The fourth-order valence-electron chi connectivity index (χ4n) is 5.53. The lowest BCUT2D eigenvalue weighted by Gasteiger charge is -2.40. The van der Waals surface area contributed by atoms with Gasteiger partial charge in [0.15, 0.2) is 0 Å². The Hall–Kier alpha value is -2.84. The van der Waals surface area contributed by atoms with Crippen LogP contribution in [-0.2, 0) is 24.3 Å². The van der Waals surface area contributed by atoms with Crippen molar-refractivity contribution in [3.8, 4) is 0 Å². The predicted molar refractivity (Wildman–Crippen MR) is 134 cm³/mol. The summed E-state index contributed by atoms with van der Waals surface area (Å²) >= 11 is 0. The molecule has 3 aliphatic rings. The zero-order valence-corrected chi connectivity index (χ0v) is 20.7. The third-order valence-corrected chi connectivity index (χ3v) is 7.79. The zero-order valence-electron chi connectivity index (χ0n) is 20.7. The number of hydrogen-bond acceptors (Lipinski definition) is 6. The molecule has 1 atom stereocenters. The van der Waals surface area contributed by atoms with Crippen molar-refractivity contribution in [2.45, 2.75) is 51.7 Å². The molecule has 5 rings (SSSR count). The van der Waals surface area contributed by atoms with Gasteiger partial charge < -0.3 is 10.2 Å². The van der Waals surface area contributed by atoms with Crippen molar-refractivity contribution in [3.63, 3.8) is 0 Å². The van der Waals surface area contributed by atoms with E-state index in [9.17, 15) is 9.59 Å². The molecule has 4 heterocycles. The summed E-state index contributed by atoms with van der Waals surface area (Å²) in [5.41, 5.74) is 4.17. The van der Waals surface area contributed by atoms with Crippen LogP contribution in [0.1, 0.15) is 53.5 Å². The summed E-state index contributed by atoms with van der Waals surface area (Å²) in [5.74, 6) is 0.502. The lowest BCUT2D eigenvalue weighted by molar-refractivity contribution is -0.130. The largest absolute Gasteiger partial charge is 0.349 e. The number of carbonyl (C=O) groups is 2. The van der Waals surface area contributed by atoms with E-state index in [0.717, 1.165) is 70.8 Å². The summed E-state index contributed by atoms with van der Waals surface area (Å²) in [6.45, 7) is 8.97. The number of fused-ring (bicyclic) bond motifs is 1. The highest BCUT2D eigenvalue weighted by molar-refractivity contribution is 5.92. The third kappa shape index (κ3) is 5.87. The fraction of sp³-hybridized carbons (Fsp3) is 0.556. The standard InChI is InChI=1S/C27H36N6O2/c1-20(34)32-11-7-21(8-12-32)13-24-14-26(30-19-29-24)27(35)28-15-25(33-9-4-10-33)18-31-16-22-5-2-3-6-23(22)17-31/h2-3,5-6,14,19,21,25H,4,7-13,15-18H2,1H3,(H,28,35)/t25-/m0/s1. The molecule has 0 aliphatic carbocycles. The number of benzene rings is 1. The first-order valence-corrected chi connectivity index (χ1v) is 12.9. The average Bonchev–Trinajstić information content (AvgIpc) is 3.24. The van der Waals surface area contributed by atoms with Gasteiger partial charge in [-0.1, -0.05) is 24.3 Å². The normalized spacial score (nSPS) is 19.7. The zero-order chi connectivity index (χ0) is 24.2. The van der Waals surface area contributed by atoms with Crippen LogP contribution >= 0.6 is 0 Å². The minimum atomic E-state index is -0.129. The Labute approximate surface area is 207 Å². The summed E-state index contributed by atoms with van der Waals surface area (Å²) in [6.07, 6.45) is 5.50. The highest BCUT2D eigenvalue weighted by Gasteiger charge is 2.29. The second-order valence-corrected chi connectivity index (χ2v) is 10.2. The second-order valence-electron chi connectivity index (χ2n) is 10.2. The van der Waals surface area contributed by atoms with Crippen LogP contribution in [0.3, 0.4) is 0 Å². The van der Waals surface area contributed by atoms with Crippen LogP contribution in [0.4, 0.5) is 0 Å². The van der Waals surface area contributed by atoms with Crippen LogP contribution in [0.2, 0.25) is 0 Å². The Balaban J connectivity index is 1.14. The van der Waals surface area contributed by atoms with Crippen molar-refractivity contribution in [1.29, 1.82) is 0 Å². The quantitative estimate of drug-likeness (QED) is 0.629. The van der Waals surface area contributed by atoms with E-state index in [0.29, 0.717) is 24.2 Å². The average molecular weight is 477 g/mol. The van der Waals surface area contributed by atoms with Gasteiger partial charge in [0.25, 0.3) is 5.91 Å². The molecule has 2 fully saturated rings. The van der Waals surface area contributed by atoms with Gasteiger partial charge in [-0.2, -0.15) is 0 Å². The van der Waals surface area contributed by atoms with Crippen LogP contribution < -0.4 is 5.32 Å². The van der Waals surface area contributed by atoms with Crippen LogP contribution in [0.5, 0.6) is 0 Å². The van der Waals surface area contributed by atoms with Gasteiger partial charge in [-0.25, -0.2) is 9.97 Å². The molecule has 0 radical (unpaired) electrons. The Kier molecular flexibility index (Phi) is 7.39. The van der Waals surface area contributed by atoms with E-state index in [2.05, 4.69) is 49.4 Å². The number of hydrogen-bond donors (Lipinski definition) is 1. The maximum Gasteiger partial charge on any atom is 0.270 e. The minimum absolute atomic E-state index is 0.129. The number of likely N-dealkylation sites (tertiary alicyclic amines) is 2. The molecule has 1 aromatic heterocycles. The monoisotopic (exact) mass is 476 g/mol. The molecule has 8 nitrogen and oxygen atoms in total. The van der Waals surface area contributed by atoms with Crippen molar-refractivity contribution in [3.05, 3.63) is 59.2 Å². The molecule has 0 bridgehead atoms. The fourth-order valence-corrected chi connectivity index (χ4v) is 5.53. The van der Waals surface area contributed by atoms with E-state index in [-0.39, 0.29) is 11.8 Å². The molecule has 3 aliphatic heterocycles. The van der Waals surface area contributed by atoms with Crippen molar-refractivity contribution in [1.82, 2.24) is 30.0 Å². The van der Waals surface area contributed by atoms with E-state index in [4.69, 9.17) is 0 Å². The Morgan fingerprint density at radius 2 is 1.77 bits per heavy atom. The second kappa shape index (κ2) is 10.8. The van der Waals surface area contributed by atoms with Crippen LogP contribution in [0.15, 0.2) is 36.7 Å². The number of aromatic nitrogens is 2. The summed E-state index contributed by atoms with van der Waals surface area (Å²) < 4.78 is 0. The maximum atomic E-state index is 13.0. The van der Waals surface area contributed by atoms with Gasteiger partial charge in [-0.05, 0) is 61.9 Å². The van der Waals surface area contributed by atoms with Crippen molar-refractivity contribution >= 4 is 11.8 Å². The Morgan fingerprint density at radius 3 is 2.40 bits per heavy atom. The molecular formula is C27H36N6O2. The van der Waals surface area contributed by atoms with Gasteiger partial charge in [0.2, 0.25) is 5.91 Å². The molecule has 1 N–H and O–H groups in total. The van der Waals surface area contributed by atoms with E-state index >= 15 is 0 Å². The summed E-state index contributed by atoms with van der Waals surface area (Å²) in [4.78, 5) is 40.1. The summed E-state index contributed by atoms with van der Waals surface area (Å²) in [7, 11) is 0. The number of piperidine rings is 1. The molecule has 2 amide bonds. The van der Waals surface area contributed by atoms with Gasteiger partial charge in [0.1, 0.15) is 12.0 Å². The van der Waals surface area contributed by atoms with E-state index in [1.807, 2.05) is 11.0 Å². The van der Waals surface area contributed by atoms with E-state index in [1.54, 1.807) is 6.92 Å². The first-order valence-electron chi connectivity index (χ1n) is 12.9. The highest BCUT2D eigenvalue weighted by Crippen LogP contribution is 2.24. The van der Waals surface area contributed by atoms with Crippen LogP contribution in [0.25, 0.3) is 0 Å². The molecule has 2 saturated heterocycles. The molecule has 186 valence electrons. The van der Waals surface area contributed by atoms with Crippen molar-refractivity contribution in [2.75, 3.05) is 39.3 Å². The lowest BCUT2D eigenvalue weighted by atomic mass is 9.92. The molecule has 0 spiro atoms. The molecule has 8 heteroatoms. The minimum Gasteiger partial charge on any atom is -0.349 e. The summed E-state index contributed by atoms with van der Waals surface area (Å²) in [6, 6.07) is 10.8. The molecular weight excluding hydrogens is 440 g/mol. The van der Waals surface area contributed by atoms with E-state index in [1.165, 1.54) is 23.9 Å². The highest BCUT2D eigenvalue weighted by atomic mass is 16.2. The van der Waals surface area contributed by atoms with Gasteiger partial charge in [-0.3, -0.25) is 19.4 Å². The van der Waals surface area contributed by atoms with Crippen LogP contribution in [0, 0.1) is 5.92 Å². The smallest absolute Gasteiger partial charge is 0.270 e. The number of nitrogens with zero attached hydrogens (tertiary/aromatic N) is 5. The number of amides is 2. The number of rotatable bonds is 8. The first-order chi connectivity index (χ1) is 17.0. The number of carbonyl (C=O) groups excluding carboxylic acids is 2.